The van der Waals surface area contributed by atoms with Gasteiger partial charge in [0.2, 0.25) is 10.0 Å². The van der Waals surface area contributed by atoms with Gasteiger partial charge < -0.3 is 9.15 Å². The minimum Gasteiger partial charge on any atom is -0.493 e. The molecule has 6 nitrogen and oxygen atoms in total. The van der Waals surface area contributed by atoms with E-state index in [0.29, 0.717) is 28.7 Å². The van der Waals surface area contributed by atoms with Crippen LogP contribution in [0, 0.1) is 6.92 Å². The van der Waals surface area contributed by atoms with Gasteiger partial charge in [-0.2, -0.15) is 0 Å². The molecule has 0 spiro atoms. The molecular formula is C18H20N2O4S2. The average Bonchev–Trinajstić information content (AvgIpc) is 3.00. The number of ether oxygens (including phenoxy) is 1. The topological polar surface area (TPSA) is 72.6 Å². The molecular weight excluding hydrogens is 372 g/mol. The van der Waals surface area contributed by atoms with Gasteiger partial charge in [0.05, 0.1) is 11.5 Å². The smallest absolute Gasteiger partial charge is 0.256 e. The number of aryl methyl sites for hydroxylation is 1. The van der Waals surface area contributed by atoms with E-state index in [9.17, 15) is 8.42 Å². The maximum atomic E-state index is 12.2. The zero-order valence-electron chi connectivity index (χ0n) is 14.8. The second-order valence-electron chi connectivity index (χ2n) is 5.91. The van der Waals surface area contributed by atoms with Gasteiger partial charge in [-0.25, -0.2) is 17.7 Å². The first kappa shape index (κ1) is 18.8. The second kappa shape index (κ2) is 7.69. The van der Waals surface area contributed by atoms with Crippen molar-refractivity contribution >= 4 is 32.9 Å². The third kappa shape index (κ3) is 4.20. The van der Waals surface area contributed by atoms with E-state index in [1.165, 1.54) is 42.3 Å². The fourth-order valence-electron chi connectivity index (χ4n) is 2.31. The number of aromatic nitrogens is 1. The third-order valence-corrected chi connectivity index (χ3v) is 6.29. The molecule has 2 aromatic carbocycles. The molecule has 3 aromatic rings. The number of rotatable bonds is 7. The summed E-state index contributed by atoms with van der Waals surface area (Å²) in [6.45, 7) is 2.54. The predicted octanol–water partition coefficient (Wildman–Crippen LogP) is 3.56. The number of oxazole rings is 1. The van der Waals surface area contributed by atoms with Crippen LogP contribution in [0.4, 0.5) is 0 Å². The van der Waals surface area contributed by atoms with Crippen LogP contribution in [0.1, 0.15) is 5.56 Å². The van der Waals surface area contributed by atoms with Crippen molar-refractivity contribution in [3.05, 3.63) is 48.0 Å². The highest BCUT2D eigenvalue weighted by Crippen LogP contribution is 2.26. The summed E-state index contributed by atoms with van der Waals surface area (Å²) in [7, 11) is -0.494. The second-order valence-corrected chi connectivity index (χ2v) is 9.11. The van der Waals surface area contributed by atoms with E-state index in [-0.39, 0.29) is 4.90 Å². The normalized spacial score (nSPS) is 12.0. The lowest BCUT2D eigenvalue weighted by Crippen LogP contribution is -2.22. The van der Waals surface area contributed by atoms with E-state index in [1.54, 1.807) is 6.07 Å². The van der Waals surface area contributed by atoms with Gasteiger partial charge in [0.15, 0.2) is 5.58 Å². The minimum atomic E-state index is -3.49. The molecule has 138 valence electrons. The summed E-state index contributed by atoms with van der Waals surface area (Å²) in [4.78, 5) is 4.56. The fourth-order valence-corrected chi connectivity index (χ4v) is 3.89. The Morgan fingerprint density at radius 2 is 2.00 bits per heavy atom. The Morgan fingerprint density at radius 1 is 1.19 bits per heavy atom. The molecule has 0 aliphatic heterocycles. The van der Waals surface area contributed by atoms with Gasteiger partial charge in [-0.05, 0) is 42.8 Å². The Balaban J connectivity index is 1.64. The molecule has 0 aliphatic rings. The standard InChI is InChI=1S/C18H20N2O4S2/c1-13-5-4-6-14(11-13)23-9-10-25-18-19-16-12-15(7-8-17(16)24-18)26(21,22)20(2)3/h4-8,11-12H,9-10H2,1-3H3. The van der Waals surface area contributed by atoms with Crippen molar-refractivity contribution in [3.8, 4) is 5.75 Å². The van der Waals surface area contributed by atoms with E-state index in [4.69, 9.17) is 9.15 Å². The number of hydrogen-bond donors (Lipinski definition) is 0. The van der Waals surface area contributed by atoms with Crippen LogP contribution in [-0.4, -0.2) is 44.2 Å². The van der Waals surface area contributed by atoms with Crippen LogP contribution < -0.4 is 4.74 Å². The van der Waals surface area contributed by atoms with E-state index < -0.39 is 10.0 Å². The summed E-state index contributed by atoms with van der Waals surface area (Å²) >= 11 is 1.43. The molecule has 0 saturated heterocycles. The number of fused-ring (bicyclic) bond motifs is 1. The molecule has 26 heavy (non-hydrogen) atoms. The predicted molar refractivity (Wildman–Crippen MR) is 102 cm³/mol. The Labute approximate surface area is 157 Å². The molecule has 1 aromatic heterocycles. The number of thioether (sulfide) groups is 1. The van der Waals surface area contributed by atoms with Crippen molar-refractivity contribution in [2.24, 2.45) is 0 Å². The van der Waals surface area contributed by atoms with E-state index >= 15 is 0 Å². The van der Waals surface area contributed by atoms with Gasteiger partial charge in [0, 0.05) is 19.8 Å². The van der Waals surface area contributed by atoms with Gasteiger partial charge in [-0.1, -0.05) is 23.9 Å². The van der Waals surface area contributed by atoms with Crippen LogP contribution in [0.25, 0.3) is 11.1 Å². The molecule has 0 radical (unpaired) electrons. The van der Waals surface area contributed by atoms with Gasteiger partial charge in [-0.3, -0.25) is 0 Å². The fraction of sp³-hybridized carbons (Fsp3) is 0.278. The number of sulfonamides is 1. The molecule has 0 bridgehead atoms. The summed E-state index contributed by atoms with van der Waals surface area (Å²) < 4.78 is 36.9. The van der Waals surface area contributed by atoms with E-state index in [1.807, 2.05) is 31.2 Å². The minimum absolute atomic E-state index is 0.197. The van der Waals surface area contributed by atoms with Gasteiger partial charge in [-0.15, -0.1) is 0 Å². The van der Waals surface area contributed by atoms with Gasteiger partial charge >= 0.3 is 0 Å². The highest BCUT2D eigenvalue weighted by Gasteiger charge is 2.18. The quantitative estimate of drug-likeness (QED) is 0.452. The maximum absolute atomic E-state index is 12.2. The Morgan fingerprint density at radius 3 is 2.73 bits per heavy atom. The first-order chi connectivity index (χ1) is 12.4. The molecule has 0 N–H and O–H groups in total. The number of nitrogens with zero attached hydrogens (tertiary/aromatic N) is 2. The van der Waals surface area contributed by atoms with Crippen LogP contribution in [0.15, 0.2) is 57.0 Å². The Kier molecular flexibility index (Phi) is 5.55. The summed E-state index contributed by atoms with van der Waals surface area (Å²) in [5.41, 5.74) is 2.23. The highest BCUT2D eigenvalue weighted by molar-refractivity contribution is 7.99. The molecule has 0 unspecified atom stereocenters. The van der Waals surface area contributed by atoms with Gasteiger partial charge in [0.25, 0.3) is 5.22 Å². The first-order valence-electron chi connectivity index (χ1n) is 8.01. The lowest BCUT2D eigenvalue weighted by atomic mass is 10.2. The summed E-state index contributed by atoms with van der Waals surface area (Å²) in [5.74, 6) is 1.51. The number of hydrogen-bond acceptors (Lipinski definition) is 6. The molecule has 0 amide bonds. The highest BCUT2D eigenvalue weighted by atomic mass is 32.2. The van der Waals surface area contributed by atoms with Crippen LogP contribution in [-0.2, 0) is 10.0 Å². The van der Waals surface area contributed by atoms with Gasteiger partial charge in [0.1, 0.15) is 11.3 Å². The SMILES string of the molecule is Cc1cccc(OCCSc2nc3cc(S(=O)(=O)N(C)C)ccc3o2)c1. The monoisotopic (exact) mass is 392 g/mol. The lowest BCUT2D eigenvalue weighted by Gasteiger charge is -2.10. The molecule has 0 atom stereocenters. The molecule has 0 saturated carbocycles. The van der Waals surface area contributed by atoms with E-state index in [2.05, 4.69) is 4.98 Å². The van der Waals surface area contributed by atoms with Crippen LogP contribution in [0.2, 0.25) is 0 Å². The Bertz CT molecular complexity index is 1010. The lowest BCUT2D eigenvalue weighted by molar-refractivity contribution is 0.343. The van der Waals surface area contributed by atoms with Crippen LogP contribution in [0.3, 0.4) is 0 Å². The summed E-state index contributed by atoms with van der Waals surface area (Å²) in [6, 6.07) is 12.6. The molecule has 0 fully saturated rings. The van der Waals surface area contributed by atoms with Crippen molar-refractivity contribution < 1.29 is 17.6 Å². The summed E-state index contributed by atoms with van der Waals surface area (Å²) in [5, 5.41) is 0.493. The average molecular weight is 393 g/mol. The van der Waals surface area contributed by atoms with E-state index in [0.717, 1.165) is 11.3 Å². The van der Waals surface area contributed by atoms with Crippen LogP contribution in [0.5, 0.6) is 5.75 Å². The zero-order chi connectivity index (χ0) is 18.7. The Hall–Kier alpha value is -2.03. The molecule has 8 heteroatoms. The molecule has 3 rings (SSSR count). The summed E-state index contributed by atoms with van der Waals surface area (Å²) in [6.07, 6.45) is 0. The molecule has 1 heterocycles. The van der Waals surface area contributed by atoms with Crippen molar-refractivity contribution in [1.29, 1.82) is 0 Å². The van der Waals surface area contributed by atoms with Crippen molar-refractivity contribution in [3.63, 3.8) is 0 Å². The van der Waals surface area contributed by atoms with Crippen molar-refractivity contribution in [2.45, 2.75) is 17.0 Å². The third-order valence-electron chi connectivity index (χ3n) is 3.69. The largest absolute Gasteiger partial charge is 0.493 e. The molecule has 0 aliphatic carbocycles. The zero-order valence-corrected chi connectivity index (χ0v) is 16.4. The van der Waals surface area contributed by atoms with Crippen molar-refractivity contribution in [1.82, 2.24) is 9.29 Å². The number of benzene rings is 2. The van der Waals surface area contributed by atoms with Crippen LogP contribution >= 0.6 is 11.8 Å². The first-order valence-corrected chi connectivity index (χ1v) is 10.4. The van der Waals surface area contributed by atoms with Crippen molar-refractivity contribution in [2.75, 3.05) is 26.5 Å². The maximum Gasteiger partial charge on any atom is 0.256 e.